The van der Waals surface area contributed by atoms with E-state index in [9.17, 15) is 14.4 Å². The third-order valence-corrected chi connectivity index (χ3v) is 6.88. The molecule has 0 saturated heterocycles. The summed E-state index contributed by atoms with van der Waals surface area (Å²) in [4.78, 5) is 46.0. The Bertz CT molecular complexity index is 1200. The topological polar surface area (TPSA) is 81.5 Å². The molecule has 0 N–H and O–H groups in total. The van der Waals surface area contributed by atoms with Gasteiger partial charge in [-0.1, -0.05) is 24.3 Å². The molecular formula is C22H23N3O4S. The number of amides is 1. The van der Waals surface area contributed by atoms with Crippen molar-refractivity contribution in [1.82, 2.24) is 14.5 Å². The van der Waals surface area contributed by atoms with E-state index in [-0.39, 0.29) is 24.4 Å². The highest BCUT2D eigenvalue weighted by Gasteiger charge is 2.35. The molecule has 3 heterocycles. The highest BCUT2D eigenvalue weighted by atomic mass is 32.1. The van der Waals surface area contributed by atoms with E-state index in [0.29, 0.717) is 18.4 Å². The van der Waals surface area contributed by atoms with Crippen molar-refractivity contribution in [2.45, 2.75) is 45.8 Å². The molecule has 1 unspecified atom stereocenters. The van der Waals surface area contributed by atoms with Crippen molar-refractivity contribution in [3.05, 3.63) is 62.5 Å². The standard InChI is InChI=1S/C22H23N3O4S/c1-13-14(2)30-20-19(13)21(27)24(12-23-20)9-8-18(26)25-11-16-7-5-4-6-15(16)10-17(25)22(28)29-3/h4-7,12,17H,8-11H2,1-3H3. The van der Waals surface area contributed by atoms with Gasteiger partial charge in [-0.25, -0.2) is 9.78 Å². The van der Waals surface area contributed by atoms with Crippen LogP contribution in [0, 0.1) is 13.8 Å². The molecule has 1 aromatic carbocycles. The number of hydrogen-bond donors (Lipinski definition) is 0. The van der Waals surface area contributed by atoms with Gasteiger partial charge in [-0.3, -0.25) is 14.2 Å². The largest absolute Gasteiger partial charge is 0.467 e. The summed E-state index contributed by atoms with van der Waals surface area (Å²) in [6.07, 6.45) is 2.02. The van der Waals surface area contributed by atoms with Crippen LogP contribution in [0.3, 0.4) is 0 Å². The molecule has 0 spiro atoms. The zero-order valence-corrected chi connectivity index (χ0v) is 18.0. The number of hydrogen-bond acceptors (Lipinski definition) is 6. The van der Waals surface area contributed by atoms with Gasteiger partial charge in [-0.05, 0) is 30.5 Å². The smallest absolute Gasteiger partial charge is 0.328 e. The fourth-order valence-corrected chi connectivity index (χ4v) is 4.91. The lowest BCUT2D eigenvalue weighted by atomic mass is 9.93. The van der Waals surface area contributed by atoms with Crippen LogP contribution in [-0.4, -0.2) is 39.5 Å². The molecule has 156 valence electrons. The van der Waals surface area contributed by atoms with E-state index >= 15 is 0 Å². The molecule has 7 nitrogen and oxygen atoms in total. The van der Waals surface area contributed by atoms with E-state index in [0.717, 1.165) is 26.4 Å². The third-order valence-electron chi connectivity index (χ3n) is 5.76. The fraction of sp³-hybridized carbons (Fsp3) is 0.364. The quantitative estimate of drug-likeness (QED) is 0.600. The Balaban J connectivity index is 1.56. The summed E-state index contributed by atoms with van der Waals surface area (Å²) in [5.74, 6) is -0.618. The van der Waals surface area contributed by atoms with Crippen LogP contribution in [0.2, 0.25) is 0 Å². The monoisotopic (exact) mass is 425 g/mol. The summed E-state index contributed by atoms with van der Waals surface area (Å²) >= 11 is 1.50. The number of fused-ring (bicyclic) bond motifs is 2. The van der Waals surface area contributed by atoms with Crippen LogP contribution < -0.4 is 5.56 Å². The van der Waals surface area contributed by atoms with Crippen molar-refractivity contribution in [3.8, 4) is 0 Å². The Morgan fingerprint density at radius 2 is 1.97 bits per heavy atom. The van der Waals surface area contributed by atoms with Crippen LogP contribution in [0.1, 0.15) is 28.0 Å². The molecule has 4 rings (SSSR count). The molecule has 1 atom stereocenters. The Morgan fingerprint density at radius 3 is 2.70 bits per heavy atom. The van der Waals surface area contributed by atoms with Crippen LogP contribution in [0.4, 0.5) is 0 Å². The Hall–Kier alpha value is -3.00. The molecule has 0 aliphatic carbocycles. The zero-order valence-electron chi connectivity index (χ0n) is 17.2. The molecule has 0 fully saturated rings. The van der Waals surface area contributed by atoms with Crippen LogP contribution in [0.5, 0.6) is 0 Å². The maximum absolute atomic E-state index is 13.0. The fourth-order valence-electron chi connectivity index (χ4n) is 3.92. The summed E-state index contributed by atoms with van der Waals surface area (Å²) < 4.78 is 6.41. The average Bonchev–Trinajstić information content (AvgIpc) is 3.05. The second kappa shape index (κ2) is 8.02. The van der Waals surface area contributed by atoms with E-state index in [2.05, 4.69) is 4.98 Å². The Morgan fingerprint density at radius 1 is 1.23 bits per heavy atom. The van der Waals surface area contributed by atoms with E-state index in [1.54, 1.807) is 4.90 Å². The molecule has 1 aliphatic rings. The first-order valence-electron chi connectivity index (χ1n) is 9.80. The molecule has 1 amide bonds. The number of ether oxygens (including phenoxy) is 1. The number of aromatic nitrogens is 2. The predicted molar refractivity (Wildman–Crippen MR) is 114 cm³/mol. The SMILES string of the molecule is COC(=O)C1Cc2ccccc2CN1C(=O)CCn1cnc2sc(C)c(C)c2c1=O. The number of benzene rings is 1. The van der Waals surface area contributed by atoms with Crippen LogP contribution >= 0.6 is 11.3 Å². The summed E-state index contributed by atoms with van der Waals surface area (Å²) in [7, 11) is 1.33. The number of esters is 1. The molecule has 0 bridgehead atoms. The number of methoxy groups -OCH3 is 1. The first kappa shape index (κ1) is 20.3. The van der Waals surface area contributed by atoms with Gasteiger partial charge >= 0.3 is 5.97 Å². The minimum atomic E-state index is -0.656. The minimum Gasteiger partial charge on any atom is -0.467 e. The normalized spacial score (nSPS) is 15.8. The van der Waals surface area contributed by atoms with Crippen molar-refractivity contribution in [3.63, 3.8) is 0 Å². The second-order valence-electron chi connectivity index (χ2n) is 7.49. The Labute approximate surface area is 177 Å². The van der Waals surface area contributed by atoms with Gasteiger partial charge in [-0.15, -0.1) is 11.3 Å². The van der Waals surface area contributed by atoms with E-state index < -0.39 is 12.0 Å². The zero-order chi connectivity index (χ0) is 21.4. The van der Waals surface area contributed by atoms with Gasteiger partial charge in [0.15, 0.2) is 0 Å². The first-order valence-corrected chi connectivity index (χ1v) is 10.6. The van der Waals surface area contributed by atoms with Crippen molar-refractivity contribution in [2.24, 2.45) is 0 Å². The number of thiophene rings is 1. The van der Waals surface area contributed by atoms with Gasteiger partial charge in [0, 0.05) is 30.8 Å². The number of carbonyl (C=O) groups excluding carboxylic acids is 2. The lowest BCUT2D eigenvalue weighted by molar-refractivity contribution is -0.154. The molecule has 3 aromatic rings. The van der Waals surface area contributed by atoms with Gasteiger partial charge in [-0.2, -0.15) is 0 Å². The van der Waals surface area contributed by atoms with Crippen LogP contribution in [0.25, 0.3) is 10.2 Å². The maximum atomic E-state index is 13.0. The lowest BCUT2D eigenvalue weighted by Crippen LogP contribution is -2.49. The number of nitrogens with zero attached hydrogens (tertiary/aromatic N) is 3. The average molecular weight is 426 g/mol. The van der Waals surface area contributed by atoms with Crippen LogP contribution in [0.15, 0.2) is 35.4 Å². The number of rotatable bonds is 4. The molecular weight excluding hydrogens is 402 g/mol. The van der Waals surface area contributed by atoms with Crippen molar-refractivity contribution < 1.29 is 14.3 Å². The minimum absolute atomic E-state index is 0.102. The van der Waals surface area contributed by atoms with Gasteiger partial charge in [0.25, 0.3) is 5.56 Å². The van der Waals surface area contributed by atoms with Crippen molar-refractivity contribution in [2.75, 3.05) is 7.11 Å². The summed E-state index contributed by atoms with van der Waals surface area (Å²) in [6.45, 7) is 4.44. The molecule has 2 aromatic heterocycles. The number of aryl methyl sites for hydroxylation is 3. The van der Waals surface area contributed by atoms with Gasteiger partial charge < -0.3 is 9.64 Å². The summed E-state index contributed by atoms with van der Waals surface area (Å²) in [5.41, 5.74) is 2.87. The van der Waals surface area contributed by atoms with E-state index in [1.165, 1.54) is 29.3 Å². The van der Waals surface area contributed by atoms with Gasteiger partial charge in [0.05, 0.1) is 18.8 Å². The van der Waals surface area contributed by atoms with Gasteiger partial charge in [0.2, 0.25) is 5.91 Å². The van der Waals surface area contributed by atoms with E-state index in [4.69, 9.17) is 4.74 Å². The maximum Gasteiger partial charge on any atom is 0.328 e. The highest BCUT2D eigenvalue weighted by molar-refractivity contribution is 7.18. The molecule has 0 radical (unpaired) electrons. The van der Waals surface area contributed by atoms with Crippen molar-refractivity contribution >= 4 is 33.4 Å². The number of carbonyl (C=O) groups is 2. The van der Waals surface area contributed by atoms with Gasteiger partial charge in [0.1, 0.15) is 10.9 Å². The van der Waals surface area contributed by atoms with E-state index in [1.807, 2.05) is 38.1 Å². The molecule has 0 saturated carbocycles. The predicted octanol–water partition coefficient (Wildman–Crippen LogP) is 2.59. The third kappa shape index (κ3) is 3.52. The molecule has 1 aliphatic heterocycles. The summed E-state index contributed by atoms with van der Waals surface area (Å²) in [6, 6.07) is 7.13. The lowest BCUT2D eigenvalue weighted by Gasteiger charge is -2.35. The Kier molecular flexibility index (Phi) is 5.42. The molecule has 8 heteroatoms. The first-order chi connectivity index (χ1) is 14.4. The highest BCUT2D eigenvalue weighted by Crippen LogP contribution is 2.26. The van der Waals surface area contributed by atoms with Crippen LogP contribution in [-0.2, 0) is 33.8 Å². The second-order valence-corrected chi connectivity index (χ2v) is 8.69. The molecule has 30 heavy (non-hydrogen) atoms. The summed E-state index contributed by atoms with van der Waals surface area (Å²) in [5, 5.41) is 0.617. The van der Waals surface area contributed by atoms with Crippen molar-refractivity contribution in [1.29, 1.82) is 0 Å².